The number of imidazole rings is 1. The summed E-state index contributed by atoms with van der Waals surface area (Å²) in [6.07, 6.45) is 0. The Bertz CT molecular complexity index is 883. The highest BCUT2D eigenvalue weighted by Crippen LogP contribution is 2.23. The van der Waals surface area contributed by atoms with Gasteiger partial charge in [-0.15, -0.1) is 0 Å². The molecule has 3 heterocycles. The minimum atomic E-state index is -0.116. The second-order valence-electron chi connectivity index (χ2n) is 4.38. The highest BCUT2D eigenvalue weighted by atomic mass is 32.1. The van der Waals surface area contributed by atoms with Gasteiger partial charge in [-0.1, -0.05) is 0 Å². The summed E-state index contributed by atoms with van der Waals surface area (Å²) >= 11 is 6.84. The van der Waals surface area contributed by atoms with Crippen LogP contribution in [0, 0.1) is 4.77 Å². The first kappa shape index (κ1) is 12.3. The molecule has 3 rings (SSSR count). The lowest BCUT2D eigenvalue weighted by atomic mass is 10.3. The van der Waals surface area contributed by atoms with E-state index in [-0.39, 0.29) is 5.56 Å². The average Bonchev–Trinajstić information content (AvgIpc) is 3.01. The van der Waals surface area contributed by atoms with Gasteiger partial charge >= 0.3 is 0 Å². The number of thiophene rings is 1. The molecule has 0 unspecified atom stereocenters. The van der Waals surface area contributed by atoms with Gasteiger partial charge in [-0.05, 0) is 23.7 Å². The van der Waals surface area contributed by atoms with Gasteiger partial charge in [0.05, 0.1) is 0 Å². The molecule has 0 amide bonds. The third-order valence-electron chi connectivity index (χ3n) is 3.25. The third kappa shape index (κ3) is 1.62. The van der Waals surface area contributed by atoms with E-state index in [1.807, 2.05) is 35.5 Å². The summed E-state index contributed by atoms with van der Waals surface area (Å²) < 4.78 is 5.53. The molecule has 98 valence electrons. The van der Waals surface area contributed by atoms with Crippen molar-refractivity contribution in [3.05, 3.63) is 32.0 Å². The maximum absolute atomic E-state index is 12.3. The Morgan fingerprint density at radius 1 is 1.21 bits per heavy atom. The van der Waals surface area contributed by atoms with Crippen molar-refractivity contribution in [3.8, 4) is 11.4 Å². The molecule has 0 aliphatic carbocycles. The Hall–Kier alpha value is -1.73. The van der Waals surface area contributed by atoms with Crippen LogP contribution in [0.3, 0.4) is 0 Å². The molecule has 3 aromatic rings. The molecular weight excluding hydrogens is 280 g/mol. The quantitative estimate of drug-likeness (QED) is 0.645. The number of hydrogen-bond donors (Lipinski definition) is 0. The molecule has 0 saturated carbocycles. The van der Waals surface area contributed by atoms with E-state index in [0.29, 0.717) is 15.9 Å². The lowest BCUT2D eigenvalue weighted by Gasteiger charge is -2.05. The van der Waals surface area contributed by atoms with Crippen LogP contribution in [0.4, 0.5) is 0 Å². The van der Waals surface area contributed by atoms with Crippen molar-refractivity contribution in [2.75, 3.05) is 0 Å². The highest BCUT2D eigenvalue weighted by molar-refractivity contribution is 7.71. The smallest absolute Gasteiger partial charge is 0.280 e. The van der Waals surface area contributed by atoms with Gasteiger partial charge in [-0.2, -0.15) is 11.3 Å². The van der Waals surface area contributed by atoms with E-state index in [9.17, 15) is 4.79 Å². The van der Waals surface area contributed by atoms with E-state index in [1.165, 1.54) is 4.57 Å². The summed E-state index contributed by atoms with van der Waals surface area (Å²) in [5.41, 5.74) is 2.09. The zero-order valence-corrected chi connectivity index (χ0v) is 12.4. The predicted octanol–water partition coefficient (Wildman–Crippen LogP) is 2.07. The van der Waals surface area contributed by atoms with Gasteiger partial charge in [0.15, 0.2) is 15.9 Å². The van der Waals surface area contributed by atoms with E-state index in [4.69, 9.17) is 12.2 Å². The van der Waals surface area contributed by atoms with Crippen molar-refractivity contribution in [2.24, 2.45) is 21.1 Å². The van der Waals surface area contributed by atoms with Crippen LogP contribution in [-0.2, 0) is 21.1 Å². The second-order valence-corrected chi connectivity index (χ2v) is 5.53. The van der Waals surface area contributed by atoms with Crippen molar-refractivity contribution < 1.29 is 0 Å². The van der Waals surface area contributed by atoms with E-state index in [1.54, 1.807) is 23.0 Å². The van der Waals surface area contributed by atoms with E-state index in [0.717, 1.165) is 11.4 Å². The molecule has 0 aliphatic rings. The van der Waals surface area contributed by atoms with E-state index in [2.05, 4.69) is 4.98 Å². The first-order chi connectivity index (χ1) is 9.02. The lowest BCUT2D eigenvalue weighted by molar-refractivity contribution is 0.737. The molecule has 7 heteroatoms. The lowest BCUT2D eigenvalue weighted by Crippen LogP contribution is -2.23. The first-order valence-electron chi connectivity index (χ1n) is 5.67. The molecule has 5 nitrogen and oxygen atoms in total. The summed E-state index contributed by atoms with van der Waals surface area (Å²) in [5, 5.41) is 4.01. The van der Waals surface area contributed by atoms with Crippen molar-refractivity contribution in [1.29, 1.82) is 0 Å². The number of aromatic nitrogens is 4. The molecule has 0 bridgehead atoms. The van der Waals surface area contributed by atoms with Crippen LogP contribution in [0.2, 0.25) is 0 Å². The molecule has 0 radical (unpaired) electrons. The number of nitrogens with zero attached hydrogens (tertiary/aromatic N) is 4. The molecule has 0 aromatic carbocycles. The highest BCUT2D eigenvalue weighted by Gasteiger charge is 2.16. The Morgan fingerprint density at radius 2 is 1.95 bits per heavy atom. The standard InChI is InChI=1S/C12H12N4OS2/c1-14-8-10(13-9(14)7-4-5-19-6-7)15(2)12(18)16(3)11(8)17/h4-6H,1-3H3. The second kappa shape index (κ2) is 4.14. The van der Waals surface area contributed by atoms with E-state index < -0.39 is 0 Å². The maximum Gasteiger partial charge on any atom is 0.280 e. The minimum absolute atomic E-state index is 0.116. The third-order valence-corrected chi connectivity index (χ3v) is 4.49. The Labute approximate surface area is 118 Å². The largest absolute Gasteiger partial charge is 0.321 e. The van der Waals surface area contributed by atoms with Crippen LogP contribution in [0.15, 0.2) is 21.6 Å². The number of fused-ring (bicyclic) bond motifs is 1. The van der Waals surface area contributed by atoms with Gasteiger partial charge in [0, 0.05) is 32.1 Å². The molecule has 19 heavy (non-hydrogen) atoms. The van der Waals surface area contributed by atoms with Gasteiger partial charge < -0.3 is 9.13 Å². The summed E-state index contributed by atoms with van der Waals surface area (Å²) in [5.74, 6) is 0.782. The van der Waals surface area contributed by atoms with Gasteiger partial charge in [-0.3, -0.25) is 9.36 Å². The van der Waals surface area contributed by atoms with Crippen LogP contribution in [0.5, 0.6) is 0 Å². The number of hydrogen-bond acceptors (Lipinski definition) is 4. The fourth-order valence-corrected chi connectivity index (χ4v) is 2.97. The Morgan fingerprint density at radius 3 is 2.58 bits per heavy atom. The summed E-state index contributed by atoms with van der Waals surface area (Å²) in [7, 11) is 5.36. The van der Waals surface area contributed by atoms with Crippen molar-refractivity contribution in [1.82, 2.24) is 18.7 Å². The first-order valence-corrected chi connectivity index (χ1v) is 7.02. The van der Waals surface area contributed by atoms with Crippen molar-refractivity contribution in [3.63, 3.8) is 0 Å². The zero-order chi connectivity index (χ0) is 13.7. The average molecular weight is 292 g/mol. The Balaban J connectivity index is 2.53. The molecular formula is C12H12N4OS2. The maximum atomic E-state index is 12.3. The van der Waals surface area contributed by atoms with Crippen molar-refractivity contribution in [2.45, 2.75) is 0 Å². The molecule has 3 aromatic heterocycles. The van der Waals surface area contributed by atoms with Crippen LogP contribution < -0.4 is 5.56 Å². The number of rotatable bonds is 1. The SMILES string of the molecule is Cn1c(=O)c2c(nc(-c3ccsc3)n2C)n(C)c1=S. The van der Waals surface area contributed by atoms with Crippen LogP contribution in [0.1, 0.15) is 0 Å². The molecule has 0 atom stereocenters. The van der Waals surface area contributed by atoms with Crippen LogP contribution >= 0.6 is 23.6 Å². The molecule has 0 spiro atoms. The van der Waals surface area contributed by atoms with Crippen LogP contribution in [0.25, 0.3) is 22.6 Å². The predicted molar refractivity (Wildman–Crippen MR) is 79.1 cm³/mol. The molecule has 0 N–H and O–H groups in total. The topological polar surface area (TPSA) is 44.8 Å². The minimum Gasteiger partial charge on any atom is -0.321 e. The van der Waals surface area contributed by atoms with Crippen LogP contribution in [-0.4, -0.2) is 18.7 Å². The zero-order valence-electron chi connectivity index (χ0n) is 10.7. The summed E-state index contributed by atoms with van der Waals surface area (Å²) in [4.78, 5) is 16.9. The van der Waals surface area contributed by atoms with Gasteiger partial charge in [-0.25, -0.2) is 4.98 Å². The molecule has 0 aliphatic heterocycles. The molecule has 0 fully saturated rings. The van der Waals surface area contributed by atoms with E-state index >= 15 is 0 Å². The van der Waals surface area contributed by atoms with Gasteiger partial charge in [0.1, 0.15) is 5.82 Å². The number of aryl methyl sites for hydroxylation is 2. The Kier molecular flexibility index (Phi) is 2.68. The fraction of sp³-hybridized carbons (Fsp3) is 0.250. The fourth-order valence-electron chi connectivity index (χ4n) is 2.17. The normalized spacial score (nSPS) is 11.3. The summed E-state index contributed by atoms with van der Waals surface area (Å²) in [6.45, 7) is 0. The monoisotopic (exact) mass is 292 g/mol. The van der Waals surface area contributed by atoms with Gasteiger partial charge in [0.2, 0.25) is 0 Å². The summed E-state index contributed by atoms with van der Waals surface area (Å²) in [6, 6.07) is 1.99. The molecule has 0 saturated heterocycles. The van der Waals surface area contributed by atoms with Crippen molar-refractivity contribution >= 4 is 34.7 Å². The van der Waals surface area contributed by atoms with Gasteiger partial charge in [0.25, 0.3) is 5.56 Å².